The van der Waals surface area contributed by atoms with Gasteiger partial charge >= 0.3 is 0 Å². The van der Waals surface area contributed by atoms with E-state index in [9.17, 15) is 0 Å². The average molecular weight is 553 g/mol. The Kier molecular flexibility index (Phi) is 14.2. The highest BCUT2D eigenvalue weighted by Gasteiger charge is 2.06. The van der Waals surface area contributed by atoms with Crippen LogP contribution < -0.4 is 0 Å². The van der Waals surface area contributed by atoms with Crippen LogP contribution in [0.3, 0.4) is 0 Å². The second-order valence-electron chi connectivity index (χ2n) is 9.67. The van der Waals surface area contributed by atoms with Crippen LogP contribution in [0.4, 0.5) is 0 Å². The van der Waals surface area contributed by atoms with Crippen molar-refractivity contribution in [2.24, 2.45) is 14.1 Å². The number of benzene rings is 4. The highest BCUT2D eigenvalue weighted by Crippen LogP contribution is 2.28. The van der Waals surface area contributed by atoms with Crippen molar-refractivity contribution < 1.29 is 0 Å². The van der Waals surface area contributed by atoms with Crippen molar-refractivity contribution in [2.45, 2.75) is 41.5 Å². The molecule has 220 valence electrons. The molecule has 0 aliphatic rings. The van der Waals surface area contributed by atoms with E-state index < -0.39 is 0 Å². The molecule has 2 aromatic heterocycles. The quantitative estimate of drug-likeness (QED) is 0.202. The third kappa shape index (κ3) is 8.22. The van der Waals surface area contributed by atoms with Gasteiger partial charge in [-0.2, -0.15) is 0 Å². The maximum Gasteiger partial charge on any atom is 0.0500 e. The molecule has 0 unspecified atom stereocenters. The number of hydrogen-bond acceptors (Lipinski definition) is 2. The van der Waals surface area contributed by atoms with Crippen LogP contribution >= 0.6 is 0 Å². The van der Waals surface area contributed by atoms with E-state index in [1.165, 1.54) is 43.6 Å². The molecule has 0 atom stereocenters. The molecule has 0 bridgehead atoms. The Morgan fingerprint density at radius 2 is 0.659 bits per heavy atom. The maximum atomic E-state index is 2.28. The molecule has 0 spiro atoms. The summed E-state index contributed by atoms with van der Waals surface area (Å²) in [5, 5.41) is 5.35. The van der Waals surface area contributed by atoms with Gasteiger partial charge < -0.3 is 9.13 Å². The zero-order valence-corrected chi connectivity index (χ0v) is 27.1. The van der Waals surface area contributed by atoms with Gasteiger partial charge in [-0.15, -0.1) is 0 Å². The molecule has 0 saturated heterocycles. The smallest absolute Gasteiger partial charge is 0.0500 e. The van der Waals surface area contributed by atoms with Crippen LogP contribution in [0.25, 0.3) is 43.6 Å². The lowest BCUT2D eigenvalue weighted by Crippen LogP contribution is -2.32. The summed E-state index contributed by atoms with van der Waals surface area (Å²) in [6.45, 7) is 15.7. The lowest BCUT2D eigenvalue weighted by Gasteiger charge is -2.21. The van der Waals surface area contributed by atoms with Gasteiger partial charge in [-0.3, -0.25) is 9.80 Å². The van der Waals surface area contributed by atoms with Crippen molar-refractivity contribution in [2.75, 3.05) is 33.9 Å². The van der Waals surface area contributed by atoms with E-state index in [-0.39, 0.29) is 0 Å². The van der Waals surface area contributed by atoms with E-state index in [1.54, 1.807) is 0 Å². The summed E-state index contributed by atoms with van der Waals surface area (Å²) < 4.78 is 4.48. The fourth-order valence-corrected chi connectivity index (χ4v) is 4.85. The van der Waals surface area contributed by atoms with Crippen molar-refractivity contribution >= 4 is 43.6 Å². The highest BCUT2D eigenvalue weighted by molar-refractivity contribution is 6.08. The standard InChI is InChI=1S/2C13H11N.C7H18N2.2C2H6/c2*1-14-12-8-4-2-6-10(12)11-7-3-5-9-13(11)14;1-5-8(3)7-9(4)6-2;2*1-2/h2*2-9H,1H3;5-7H2,1-4H3;2*1-2H3. The molecule has 41 heavy (non-hydrogen) atoms. The topological polar surface area (TPSA) is 16.3 Å². The SMILES string of the molecule is CC.CC.CCN(C)CN(C)CC.Cn1c2ccccc2c2ccccc21.Cn1c2ccccc2c2ccccc21. The largest absolute Gasteiger partial charge is 0.344 e. The normalized spacial score (nSPS) is 10.4. The second-order valence-corrected chi connectivity index (χ2v) is 9.67. The summed E-state index contributed by atoms with van der Waals surface area (Å²) in [5.41, 5.74) is 5.20. The fourth-order valence-electron chi connectivity index (χ4n) is 4.85. The van der Waals surface area contributed by atoms with Gasteiger partial charge in [0, 0.05) is 64.4 Å². The number of fused-ring (bicyclic) bond motifs is 6. The lowest BCUT2D eigenvalue weighted by atomic mass is 10.2. The molecule has 0 radical (unpaired) electrons. The molecule has 6 rings (SSSR count). The van der Waals surface area contributed by atoms with Crippen LogP contribution in [0.15, 0.2) is 97.1 Å². The molecule has 0 saturated carbocycles. The van der Waals surface area contributed by atoms with Gasteiger partial charge in [0.05, 0.1) is 0 Å². The zero-order chi connectivity index (χ0) is 30.4. The fraction of sp³-hybridized carbons (Fsp3) is 0.351. The molecule has 0 fully saturated rings. The number of aryl methyl sites for hydroxylation is 2. The van der Waals surface area contributed by atoms with Crippen LogP contribution in [-0.2, 0) is 14.1 Å². The molecule has 0 aliphatic carbocycles. The van der Waals surface area contributed by atoms with Crippen LogP contribution in [0, 0.1) is 0 Å². The number of para-hydroxylation sites is 4. The molecule has 0 N–H and O–H groups in total. The Labute approximate surface area is 248 Å². The van der Waals surface area contributed by atoms with Crippen molar-refractivity contribution in [1.29, 1.82) is 0 Å². The molecular weight excluding hydrogens is 500 g/mol. The van der Waals surface area contributed by atoms with E-state index in [0.717, 1.165) is 19.8 Å². The Morgan fingerprint density at radius 1 is 0.439 bits per heavy atom. The lowest BCUT2D eigenvalue weighted by molar-refractivity contribution is 0.196. The molecule has 2 heterocycles. The van der Waals surface area contributed by atoms with Gasteiger partial charge in [0.15, 0.2) is 0 Å². The molecular formula is C37H52N4. The summed E-state index contributed by atoms with van der Waals surface area (Å²) in [5.74, 6) is 0. The third-order valence-corrected chi connectivity index (χ3v) is 7.20. The van der Waals surface area contributed by atoms with Crippen molar-refractivity contribution in [3.8, 4) is 0 Å². The summed E-state index contributed by atoms with van der Waals surface area (Å²) >= 11 is 0. The second kappa shape index (κ2) is 17.3. The molecule has 6 aromatic rings. The van der Waals surface area contributed by atoms with Crippen molar-refractivity contribution in [3.05, 3.63) is 97.1 Å². The number of hydrogen-bond donors (Lipinski definition) is 0. The predicted molar refractivity (Wildman–Crippen MR) is 185 cm³/mol. The van der Waals surface area contributed by atoms with Crippen LogP contribution in [-0.4, -0.2) is 52.8 Å². The molecule has 4 nitrogen and oxygen atoms in total. The Balaban J connectivity index is 0.000000208. The van der Waals surface area contributed by atoms with E-state index in [2.05, 4.69) is 158 Å². The minimum Gasteiger partial charge on any atom is -0.344 e. The summed E-state index contributed by atoms with van der Waals surface area (Å²) in [4.78, 5) is 4.56. The summed E-state index contributed by atoms with van der Waals surface area (Å²) in [6, 6.07) is 34.1. The van der Waals surface area contributed by atoms with E-state index in [4.69, 9.17) is 0 Å². The predicted octanol–water partition coefficient (Wildman–Crippen LogP) is 9.56. The Bertz CT molecular complexity index is 1360. The third-order valence-electron chi connectivity index (χ3n) is 7.20. The molecule has 4 heteroatoms. The van der Waals surface area contributed by atoms with Crippen molar-refractivity contribution in [1.82, 2.24) is 18.9 Å². The zero-order valence-electron chi connectivity index (χ0n) is 27.1. The maximum absolute atomic E-state index is 2.28. The Morgan fingerprint density at radius 3 is 0.878 bits per heavy atom. The van der Waals surface area contributed by atoms with Gasteiger partial charge in [0.25, 0.3) is 0 Å². The minimum absolute atomic E-state index is 1.08. The minimum atomic E-state index is 1.08. The van der Waals surface area contributed by atoms with Gasteiger partial charge in [0.2, 0.25) is 0 Å². The number of rotatable bonds is 4. The highest BCUT2D eigenvalue weighted by atomic mass is 15.3. The van der Waals surface area contributed by atoms with E-state index >= 15 is 0 Å². The molecule has 0 aliphatic heterocycles. The van der Waals surface area contributed by atoms with E-state index in [1.807, 2.05) is 27.7 Å². The first-order valence-electron chi connectivity index (χ1n) is 15.2. The first kappa shape index (κ1) is 33.6. The van der Waals surface area contributed by atoms with Crippen molar-refractivity contribution in [3.63, 3.8) is 0 Å². The van der Waals surface area contributed by atoms with E-state index in [0.29, 0.717) is 0 Å². The number of nitrogens with zero attached hydrogens (tertiary/aromatic N) is 4. The molecule has 0 amide bonds. The number of aromatic nitrogens is 2. The summed E-state index contributed by atoms with van der Waals surface area (Å²) in [7, 11) is 8.49. The van der Waals surface area contributed by atoms with Crippen LogP contribution in [0.2, 0.25) is 0 Å². The summed E-state index contributed by atoms with van der Waals surface area (Å²) in [6.07, 6.45) is 0. The molecule has 4 aromatic carbocycles. The van der Waals surface area contributed by atoms with Crippen LogP contribution in [0.1, 0.15) is 41.5 Å². The van der Waals surface area contributed by atoms with Gasteiger partial charge in [-0.1, -0.05) is 114 Å². The van der Waals surface area contributed by atoms with Crippen LogP contribution in [0.5, 0.6) is 0 Å². The first-order chi connectivity index (χ1) is 20.0. The van der Waals surface area contributed by atoms with Gasteiger partial charge in [0.1, 0.15) is 0 Å². The first-order valence-corrected chi connectivity index (χ1v) is 15.2. The van der Waals surface area contributed by atoms with Gasteiger partial charge in [-0.05, 0) is 51.5 Å². The van der Waals surface area contributed by atoms with Gasteiger partial charge in [-0.25, -0.2) is 0 Å². The monoisotopic (exact) mass is 552 g/mol. The Hall–Kier alpha value is -3.60. The average Bonchev–Trinajstić information content (AvgIpc) is 3.51.